The van der Waals surface area contributed by atoms with Gasteiger partial charge in [0, 0.05) is 36.8 Å². The number of nitrogens with one attached hydrogen (secondary N) is 1. The lowest BCUT2D eigenvalue weighted by Crippen LogP contribution is -2.30. The Kier molecular flexibility index (Phi) is 7.57. The molecule has 1 fully saturated rings. The lowest BCUT2D eigenvalue weighted by molar-refractivity contribution is 0.131. The number of rotatable bonds is 5. The topological polar surface area (TPSA) is 98.3 Å². The van der Waals surface area contributed by atoms with Gasteiger partial charge in [0.2, 0.25) is 0 Å². The van der Waals surface area contributed by atoms with Crippen LogP contribution in [0.4, 0.5) is 5.69 Å². The largest absolute Gasteiger partial charge is 0.490 e. The molecule has 1 aromatic carbocycles. The van der Waals surface area contributed by atoms with E-state index in [2.05, 4.69) is 10.3 Å². The minimum absolute atomic E-state index is 0. The second-order valence-corrected chi connectivity index (χ2v) is 6.31. The van der Waals surface area contributed by atoms with Crippen LogP contribution in [0.15, 0.2) is 23.2 Å². The van der Waals surface area contributed by atoms with Crippen molar-refractivity contribution >= 4 is 35.6 Å². The summed E-state index contributed by atoms with van der Waals surface area (Å²) < 4.78 is 16.7. The molecule has 2 aliphatic rings. The number of hydrogen-bond donors (Lipinski definition) is 3. The first-order valence-electron chi connectivity index (χ1n) is 8.36. The summed E-state index contributed by atoms with van der Waals surface area (Å²) in [6, 6.07) is 5.62. The van der Waals surface area contributed by atoms with Gasteiger partial charge < -0.3 is 30.4 Å². The van der Waals surface area contributed by atoms with Gasteiger partial charge in [0.15, 0.2) is 17.5 Å². The Morgan fingerprint density at radius 1 is 1.24 bits per heavy atom. The van der Waals surface area contributed by atoms with Crippen molar-refractivity contribution in [1.82, 2.24) is 0 Å². The lowest BCUT2D eigenvalue weighted by atomic mass is 9.84. The number of hydrogen-bond acceptors (Lipinski definition) is 5. The van der Waals surface area contributed by atoms with Gasteiger partial charge >= 0.3 is 0 Å². The van der Waals surface area contributed by atoms with Gasteiger partial charge in [-0.1, -0.05) is 0 Å². The Morgan fingerprint density at radius 2 is 2.04 bits per heavy atom. The molecule has 0 saturated carbocycles. The molecule has 2 heterocycles. The van der Waals surface area contributed by atoms with Gasteiger partial charge in [-0.15, -0.1) is 24.0 Å². The Bertz CT molecular complexity index is 591. The van der Waals surface area contributed by atoms with Crippen molar-refractivity contribution in [1.29, 1.82) is 0 Å². The average Bonchev–Trinajstić information content (AvgIpc) is 2.91. The number of nitrogens with two attached hydrogens (primary N) is 1. The zero-order valence-electron chi connectivity index (χ0n) is 14.2. The molecule has 7 nitrogen and oxygen atoms in total. The molecule has 1 saturated heterocycles. The van der Waals surface area contributed by atoms with Crippen molar-refractivity contribution in [2.75, 3.05) is 44.9 Å². The van der Waals surface area contributed by atoms with E-state index in [1.807, 2.05) is 18.2 Å². The molecule has 140 valence electrons. The molecule has 1 unspecified atom stereocenters. The monoisotopic (exact) mass is 463 g/mol. The second kappa shape index (κ2) is 9.44. The van der Waals surface area contributed by atoms with Crippen molar-refractivity contribution in [3.63, 3.8) is 0 Å². The molecule has 0 spiro atoms. The van der Waals surface area contributed by atoms with Gasteiger partial charge in [-0.2, -0.15) is 0 Å². The smallest absolute Gasteiger partial charge is 0.193 e. The number of halogens is 1. The highest BCUT2D eigenvalue weighted by Gasteiger charge is 2.34. The highest BCUT2D eigenvalue weighted by atomic mass is 127. The van der Waals surface area contributed by atoms with E-state index in [0.29, 0.717) is 51.1 Å². The molecule has 1 atom stereocenters. The van der Waals surface area contributed by atoms with E-state index in [4.69, 9.17) is 19.9 Å². The SMILES string of the molecule is I.NC(=NCC1(CCO)CCOC1)Nc1ccc2c(c1)OCCCO2. The van der Waals surface area contributed by atoms with Crippen molar-refractivity contribution in [3.8, 4) is 11.5 Å². The normalized spacial score (nSPS) is 22.8. The summed E-state index contributed by atoms with van der Waals surface area (Å²) in [6.07, 6.45) is 2.44. The molecule has 2 aliphatic heterocycles. The minimum atomic E-state index is -0.105. The van der Waals surface area contributed by atoms with Crippen LogP contribution >= 0.6 is 24.0 Å². The predicted octanol–water partition coefficient (Wildman–Crippen LogP) is 1.98. The van der Waals surface area contributed by atoms with Crippen LogP contribution in [-0.2, 0) is 4.74 Å². The van der Waals surface area contributed by atoms with Gasteiger partial charge in [-0.25, -0.2) is 0 Å². The number of aliphatic hydroxyl groups is 1. The number of anilines is 1. The molecule has 0 bridgehead atoms. The molecule has 0 aromatic heterocycles. The molecular formula is C17H26IN3O4. The van der Waals surface area contributed by atoms with Crippen molar-refractivity contribution < 1.29 is 19.3 Å². The fourth-order valence-electron chi connectivity index (χ4n) is 2.97. The first kappa shape index (κ1) is 20.1. The minimum Gasteiger partial charge on any atom is -0.490 e. The van der Waals surface area contributed by atoms with Gasteiger partial charge in [0.25, 0.3) is 0 Å². The highest BCUT2D eigenvalue weighted by Crippen LogP contribution is 2.33. The molecule has 8 heteroatoms. The van der Waals surface area contributed by atoms with Gasteiger partial charge in [0.05, 0.1) is 26.4 Å². The number of fused-ring (bicyclic) bond motifs is 1. The van der Waals surface area contributed by atoms with Gasteiger partial charge in [-0.05, 0) is 25.0 Å². The standard InChI is InChI=1S/C17H25N3O4.HI/c18-16(19-11-17(4-6-21)5-9-22-12-17)20-13-2-3-14-15(10-13)24-8-1-7-23-14;/h2-3,10,21H,1,4-9,11-12H2,(H3,18,19,20);1H. The van der Waals surface area contributed by atoms with E-state index < -0.39 is 0 Å². The first-order valence-corrected chi connectivity index (χ1v) is 8.36. The number of nitrogens with zero attached hydrogens (tertiary/aromatic N) is 1. The maximum absolute atomic E-state index is 9.25. The summed E-state index contributed by atoms with van der Waals surface area (Å²) in [5, 5.41) is 12.3. The molecule has 0 amide bonds. The zero-order valence-corrected chi connectivity index (χ0v) is 16.5. The number of aliphatic hydroxyl groups excluding tert-OH is 1. The van der Waals surface area contributed by atoms with Crippen LogP contribution in [-0.4, -0.2) is 50.6 Å². The average molecular weight is 463 g/mol. The second-order valence-electron chi connectivity index (χ2n) is 6.31. The van der Waals surface area contributed by atoms with E-state index >= 15 is 0 Å². The third-order valence-electron chi connectivity index (χ3n) is 4.43. The molecule has 4 N–H and O–H groups in total. The molecule has 3 rings (SSSR count). The van der Waals surface area contributed by atoms with Crippen LogP contribution < -0.4 is 20.5 Å². The van der Waals surface area contributed by atoms with E-state index in [-0.39, 0.29) is 36.0 Å². The van der Waals surface area contributed by atoms with Crippen molar-refractivity contribution in [2.24, 2.45) is 16.1 Å². The summed E-state index contributed by atoms with van der Waals surface area (Å²) >= 11 is 0. The highest BCUT2D eigenvalue weighted by molar-refractivity contribution is 14.0. The summed E-state index contributed by atoms with van der Waals surface area (Å²) in [5.41, 5.74) is 6.71. The van der Waals surface area contributed by atoms with Crippen LogP contribution in [0.2, 0.25) is 0 Å². The number of ether oxygens (including phenoxy) is 3. The van der Waals surface area contributed by atoms with Crippen LogP contribution in [0.25, 0.3) is 0 Å². The fourth-order valence-corrected chi connectivity index (χ4v) is 2.97. The molecular weight excluding hydrogens is 437 g/mol. The number of benzene rings is 1. The lowest BCUT2D eigenvalue weighted by Gasteiger charge is -2.24. The van der Waals surface area contributed by atoms with Crippen molar-refractivity contribution in [2.45, 2.75) is 19.3 Å². The quantitative estimate of drug-likeness (QED) is 0.351. The van der Waals surface area contributed by atoms with E-state index in [0.717, 1.165) is 24.3 Å². The third-order valence-corrected chi connectivity index (χ3v) is 4.43. The van der Waals surface area contributed by atoms with Crippen LogP contribution in [0, 0.1) is 5.41 Å². The Hall–Kier alpha value is -1.26. The van der Waals surface area contributed by atoms with E-state index in [1.165, 1.54) is 0 Å². The van der Waals surface area contributed by atoms with Gasteiger partial charge in [0.1, 0.15) is 0 Å². The third kappa shape index (κ3) is 5.35. The molecule has 0 aliphatic carbocycles. The Balaban J connectivity index is 0.00000225. The number of aliphatic imine (C=N–C) groups is 1. The van der Waals surface area contributed by atoms with E-state index in [1.54, 1.807) is 0 Å². The molecule has 1 aromatic rings. The Labute approximate surface area is 164 Å². The maximum Gasteiger partial charge on any atom is 0.193 e. The summed E-state index contributed by atoms with van der Waals surface area (Å²) in [6.45, 7) is 3.31. The van der Waals surface area contributed by atoms with Crippen LogP contribution in [0.1, 0.15) is 19.3 Å². The zero-order chi connectivity index (χ0) is 16.8. The fraction of sp³-hybridized carbons (Fsp3) is 0.588. The molecule has 0 radical (unpaired) electrons. The predicted molar refractivity (Wildman–Crippen MR) is 107 cm³/mol. The Morgan fingerprint density at radius 3 is 2.76 bits per heavy atom. The van der Waals surface area contributed by atoms with Crippen LogP contribution in [0.5, 0.6) is 11.5 Å². The van der Waals surface area contributed by atoms with E-state index in [9.17, 15) is 5.11 Å². The maximum atomic E-state index is 9.25. The first-order chi connectivity index (χ1) is 11.7. The van der Waals surface area contributed by atoms with Gasteiger partial charge in [-0.3, -0.25) is 4.99 Å². The summed E-state index contributed by atoms with van der Waals surface area (Å²) in [7, 11) is 0. The molecule has 25 heavy (non-hydrogen) atoms. The number of guanidine groups is 1. The summed E-state index contributed by atoms with van der Waals surface area (Å²) in [5.74, 6) is 1.80. The van der Waals surface area contributed by atoms with Crippen molar-refractivity contribution in [3.05, 3.63) is 18.2 Å². The van der Waals surface area contributed by atoms with Crippen LogP contribution in [0.3, 0.4) is 0 Å². The summed E-state index contributed by atoms with van der Waals surface area (Å²) in [4.78, 5) is 4.44.